The standard InChI is InChI=1S/C19H22N2O5S/c1-5-21-14-9-10-15(12-7-6-8-13(16(12)14)18(21)22)27(24,25)20-17(11(2)3)19(23)26-4/h6-11,17,20H,5H2,1-4H3/t17-/m0/s1. The molecule has 27 heavy (non-hydrogen) atoms. The highest BCUT2D eigenvalue weighted by molar-refractivity contribution is 7.89. The van der Waals surface area contributed by atoms with Gasteiger partial charge in [-0.25, -0.2) is 8.42 Å². The summed E-state index contributed by atoms with van der Waals surface area (Å²) in [4.78, 5) is 26.2. The Balaban J connectivity index is 2.15. The lowest BCUT2D eigenvalue weighted by molar-refractivity contribution is -0.143. The predicted octanol–water partition coefficient (Wildman–Crippen LogP) is 2.30. The van der Waals surface area contributed by atoms with Gasteiger partial charge >= 0.3 is 5.97 Å². The molecule has 2 aromatic rings. The van der Waals surface area contributed by atoms with Crippen molar-refractivity contribution in [2.75, 3.05) is 18.6 Å². The van der Waals surface area contributed by atoms with E-state index < -0.39 is 22.0 Å². The number of anilines is 1. The first-order valence-electron chi connectivity index (χ1n) is 8.70. The maximum absolute atomic E-state index is 13.0. The van der Waals surface area contributed by atoms with Gasteiger partial charge in [0.05, 0.1) is 17.7 Å². The van der Waals surface area contributed by atoms with Crippen molar-refractivity contribution in [1.82, 2.24) is 4.72 Å². The Morgan fingerprint density at radius 3 is 2.52 bits per heavy atom. The fraction of sp³-hybridized carbons (Fsp3) is 0.368. The third kappa shape index (κ3) is 3.08. The van der Waals surface area contributed by atoms with Gasteiger partial charge in [0.25, 0.3) is 5.91 Å². The highest BCUT2D eigenvalue weighted by Crippen LogP contribution is 2.39. The summed E-state index contributed by atoms with van der Waals surface area (Å²) in [5.74, 6) is -1.08. The number of benzene rings is 2. The van der Waals surface area contributed by atoms with E-state index in [9.17, 15) is 18.0 Å². The van der Waals surface area contributed by atoms with Crippen LogP contribution in [0.5, 0.6) is 0 Å². The second-order valence-corrected chi connectivity index (χ2v) is 8.41. The number of nitrogens with one attached hydrogen (secondary N) is 1. The van der Waals surface area contributed by atoms with E-state index in [1.54, 1.807) is 43.0 Å². The minimum Gasteiger partial charge on any atom is -0.468 e. The monoisotopic (exact) mass is 390 g/mol. The Labute approximate surface area is 158 Å². The highest BCUT2D eigenvalue weighted by Gasteiger charge is 2.33. The summed E-state index contributed by atoms with van der Waals surface area (Å²) in [6, 6.07) is 7.14. The number of esters is 1. The van der Waals surface area contributed by atoms with E-state index in [1.165, 1.54) is 13.2 Å². The molecule has 0 saturated heterocycles. The molecule has 1 N–H and O–H groups in total. The average Bonchev–Trinajstić information content (AvgIpc) is 2.92. The molecule has 0 spiro atoms. The lowest BCUT2D eigenvalue weighted by Crippen LogP contribution is -2.44. The van der Waals surface area contributed by atoms with E-state index in [4.69, 9.17) is 4.74 Å². The molecule has 0 bridgehead atoms. The summed E-state index contributed by atoms with van der Waals surface area (Å²) < 4.78 is 33.2. The molecule has 1 atom stereocenters. The molecule has 3 rings (SSSR count). The number of ether oxygens (including phenoxy) is 1. The molecule has 0 unspecified atom stereocenters. The van der Waals surface area contributed by atoms with Crippen molar-refractivity contribution in [2.45, 2.75) is 31.7 Å². The van der Waals surface area contributed by atoms with Gasteiger partial charge in [0.1, 0.15) is 6.04 Å². The van der Waals surface area contributed by atoms with Crippen molar-refractivity contribution in [1.29, 1.82) is 0 Å². The molecule has 0 aliphatic carbocycles. The molecule has 7 nitrogen and oxygen atoms in total. The Kier molecular flexibility index (Phi) is 4.96. The molecular formula is C19H22N2O5S. The minimum atomic E-state index is -4.01. The highest BCUT2D eigenvalue weighted by atomic mass is 32.2. The van der Waals surface area contributed by atoms with Gasteiger partial charge in [-0.1, -0.05) is 26.0 Å². The van der Waals surface area contributed by atoms with E-state index in [0.29, 0.717) is 28.6 Å². The van der Waals surface area contributed by atoms with Crippen LogP contribution >= 0.6 is 0 Å². The van der Waals surface area contributed by atoms with E-state index in [2.05, 4.69) is 4.72 Å². The lowest BCUT2D eigenvalue weighted by atomic mass is 10.1. The number of hydrogen-bond donors (Lipinski definition) is 1. The van der Waals surface area contributed by atoms with Gasteiger partial charge in [-0.15, -0.1) is 0 Å². The van der Waals surface area contributed by atoms with Crippen LogP contribution < -0.4 is 9.62 Å². The van der Waals surface area contributed by atoms with Crippen molar-refractivity contribution in [2.24, 2.45) is 5.92 Å². The van der Waals surface area contributed by atoms with E-state index in [0.717, 1.165) is 0 Å². The number of methoxy groups -OCH3 is 1. The molecule has 0 aromatic heterocycles. The minimum absolute atomic E-state index is 0.0309. The van der Waals surface area contributed by atoms with Gasteiger partial charge in [-0.2, -0.15) is 4.72 Å². The van der Waals surface area contributed by atoms with Crippen LogP contribution in [-0.2, 0) is 19.6 Å². The molecule has 1 aliphatic heterocycles. The molecule has 8 heteroatoms. The number of carbonyl (C=O) groups is 2. The SMILES string of the molecule is CCN1C(=O)c2cccc3c(S(=O)(=O)N[C@H](C(=O)OC)C(C)C)ccc1c23. The Hall–Kier alpha value is -2.45. The van der Waals surface area contributed by atoms with Crippen molar-refractivity contribution in [3.63, 3.8) is 0 Å². The van der Waals surface area contributed by atoms with Crippen LogP contribution in [0.25, 0.3) is 10.8 Å². The van der Waals surface area contributed by atoms with Crippen LogP contribution in [0.4, 0.5) is 5.69 Å². The Bertz CT molecular complexity index is 1030. The van der Waals surface area contributed by atoms with Crippen LogP contribution in [0.1, 0.15) is 31.1 Å². The average molecular weight is 390 g/mol. The third-order valence-corrected chi connectivity index (χ3v) is 6.25. The number of sulfonamides is 1. The first-order chi connectivity index (χ1) is 12.7. The second kappa shape index (κ2) is 6.94. The van der Waals surface area contributed by atoms with Gasteiger partial charge < -0.3 is 9.64 Å². The molecule has 0 fully saturated rings. The van der Waals surface area contributed by atoms with Crippen LogP contribution in [0.15, 0.2) is 35.2 Å². The van der Waals surface area contributed by atoms with Crippen molar-refractivity contribution < 1.29 is 22.7 Å². The smallest absolute Gasteiger partial charge is 0.324 e. The molecule has 0 saturated carbocycles. The van der Waals surface area contributed by atoms with Crippen molar-refractivity contribution in [3.8, 4) is 0 Å². The van der Waals surface area contributed by atoms with Crippen LogP contribution in [0.3, 0.4) is 0 Å². The second-order valence-electron chi connectivity index (χ2n) is 6.73. The zero-order chi connectivity index (χ0) is 19.9. The van der Waals surface area contributed by atoms with Crippen molar-refractivity contribution >= 4 is 38.4 Å². The normalized spacial score (nSPS) is 14.9. The van der Waals surface area contributed by atoms with Gasteiger partial charge in [0.15, 0.2) is 0 Å². The van der Waals surface area contributed by atoms with Gasteiger partial charge in [0, 0.05) is 22.9 Å². The Morgan fingerprint density at radius 2 is 1.93 bits per heavy atom. The molecule has 1 amide bonds. The lowest BCUT2D eigenvalue weighted by Gasteiger charge is -2.21. The predicted molar refractivity (Wildman–Crippen MR) is 102 cm³/mol. The molecule has 144 valence electrons. The van der Waals surface area contributed by atoms with Crippen LogP contribution in [-0.4, -0.2) is 40.0 Å². The zero-order valence-electron chi connectivity index (χ0n) is 15.6. The summed E-state index contributed by atoms with van der Waals surface area (Å²) >= 11 is 0. The number of hydrogen-bond acceptors (Lipinski definition) is 5. The van der Waals surface area contributed by atoms with Crippen LogP contribution in [0.2, 0.25) is 0 Å². The number of amides is 1. The summed E-state index contributed by atoms with van der Waals surface area (Å²) in [5, 5.41) is 1.07. The number of carbonyl (C=O) groups excluding carboxylic acids is 2. The zero-order valence-corrected chi connectivity index (χ0v) is 16.5. The van der Waals surface area contributed by atoms with Gasteiger partial charge in [-0.05, 0) is 31.0 Å². The Morgan fingerprint density at radius 1 is 1.22 bits per heavy atom. The summed E-state index contributed by atoms with van der Waals surface area (Å²) in [7, 11) is -2.80. The molecule has 2 aromatic carbocycles. The quantitative estimate of drug-likeness (QED) is 0.764. The number of rotatable bonds is 6. The maximum atomic E-state index is 13.0. The third-order valence-electron chi connectivity index (χ3n) is 4.75. The van der Waals surface area contributed by atoms with E-state index in [1.807, 2.05) is 6.92 Å². The van der Waals surface area contributed by atoms with E-state index in [-0.39, 0.29) is 16.7 Å². The van der Waals surface area contributed by atoms with E-state index >= 15 is 0 Å². The van der Waals surface area contributed by atoms with Crippen LogP contribution in [0, 0.1) is 5.92 Å². The number of nitrogens with zero attached hydrogens (tertiary/aromatic N) is 1. The molecule has 1 aliphatic rings. The first kappa shape index (κ1) is 19.3. The summed E-state index contributed by atoms with van der Waals surface area (Å²) in [6.45, 7) is 5.82. The molecule has 0 radical (unpaired) electrons. The summed E-state index contributed by atoms with van der Waals surface area (Å²) in [5.41, 5.74) is 1.18. The topological polar surface area (TPSA) is 92.8 Å². The first-order valence-corrected chi connectivity index (χ1v) is 10.2. The fourth-order valence-electron chi connectivity index (χ4n) is 3.38. The molecular weight excluding hydrogens is 368 g/mol. The largest absolute Gasteiger partial charge is 0.468 e. The van der Waals surface area contributed by atoms with Crippen molar-refractivity contribution in [3.05, 3.63) is 35.9 Å². The van der Waals surface area contributed by atoms with Gasteiger partial charge in [0.2, 0.25) is 10.0 Å². The summed E-state index contributed by atoms with van der Waals surface area (Å²) in [6.07, 6.45) is 0. The molecule has 1 heterocycles. The van der Waals surface area contributed by atoms with Gasteiger partial charge in [-0.3, -0.25) is 9.59 Å². The maximum Gasteiger partial charge on any atom is 0.324 e. The fourth-order valence-corrected chi connectivity index (χ4v) is 4.92.